The van der Waals surface area contributed by atoms with Crippen molar-refractivity contribution in [1.82, 2.24) is 4.90 Å². The van der Waals surface area contributed by atoms with E-state index in [1.54, 1.807) is 24.3 Å². The lowest BCUT2D eigenvalue weighted by molar-refractivity contribution is -0.122. The SMILES string of the molecule is CCCOc1ccc(C(=O)[C@H]2[C@@H](C(=O)c3ccc(F)cc3)N3C=Cc4ccccc4[C@@H]3[C@]23C(=O)Nc2ccccc23)cc1. The number of amides is 1. The second-order valence-corrected chi connectivity index (χ2v) is 11.2. The molecule has 0 bridgehead atoms. The Bertz CT molecular complexity index is 1780. The van der Waals surface area contributed by atoms with E-state index in [1.807, 2.05) is 72.6 Å². The number of hydrogen-bond acceptors (Lipinski definition) is 5. The zero-order chi connectivity index (χ0) is 29.7. The Morgan fingerprint density at radius 2 is 1.56 bits per heavy atom. The van der Waals surface area contributed by atoms with Crippen LogP contribution < -0.4 is 10.1 Å². The van der Waals surface area contributed by atoms with E-state index in [1.165, 1.54) is 24.3 Å². The van der Waals surface area contributed by atoms with Crippen LogP contribution in [0.15, 0.2) is 103 Å². The summed E-state index contributed by atoms with van der Waals surface area (Å²) in [6.45, 7) is 2.56. The Kier molecular flexibility index (Phi) is 6.46. The van der Waals surface area contributed by atoms with Gasteiger partial charge in [0, 0.05) is 23.0 Å². The van der Waals surface area contributed by atoms with Crippen LogP contribution >= 0.6 is 0 Å². The number of ketones is 2. The van der Waals surface area contributed by atoms with Crippen molar-refractivity contribution in [2.45, 2.75) is 30.8 Å². The molecule has 4 aromatic rings. The second kappa shape index (κ2) is 10.3. The molecule has 1 spiro atoms. The number of carbonyl (C=O) groups is 3. The highest BCUT2D eigenvalue weighted by Gasteiger charge is 2.70. The number of Topliss-reactive ketones (excluding diaryl/α,β-unsaturated/α-hetero) is 2. The summed E-state index contributed by atoms with van der Waals surface area (Å²) in [7, 11) is 0. The van der Waals surface area contributed by atoms with Crippen molar-refractivity contribution in [2.75, 3.05) is 11.9 Å². The lowest BCUT2D eigenvalue weighted by atomic mass is 9.62. The highest BCUT2D eigenvalue weighted by molar-refractivity contribution is 6.16. The number of carbonyl (C=O) groups excluding carboxylic acids is 3. The third kappa shape index (κ3) is 4.02. The Hall–Kier alpha value is -5.04. The molecule has 3 aliphatic heterocycles. The molecule has 1 fully saturated rings. The molecule has 6 nitrogen and oxygen atoms in total. The largest absolute Gasteiger partial charge is 0.494 e. The summed E-state index contributed by atoms with van der Waals surface area (Å²) < 4.78 is 19.6. The number of benzene rings is 4. The number of anilines is 1. The van der Waals surface area contributed by atoms with Crippen molar-refractivity contribution in [3.05, 3.63) is 137 Å². The highest BCUT2D eigenvalue weighted by Crippen LogP contribution is 2.62. The van der Waals surface area contributed by atoms with E-state index in [0.717, 1.165) is 17.5 Å². The van der Waals surface area contributed by atoms with Gasteiger partial charge in [0.25, 0.3) is 0 Å². The molecule has 3 aliphatic rings. The average molecular weight is 573 g/mol. The Morgan fingerprint density at radius 3 is 2.33 bits per heavy atom. The second-order valence-electron chi connectivity index (χ2n) is 11.2. The van der Waals surface area contributed by atoms with E-state index in [0.29, 0.717) is 29.2 Å². The maximum atomic E-state index is 14.9. The van der Waals surface area contributed by atoms with E-state index in [4.69, 9.17) is 4.74 Å². The Morgan fingerprint density at radius 1 is 0.884 bits per heavy atom. The van der Waals surface area contributed by atoms with Crippen LogP contribution in [-0.2, 0) is 10.2 Å². The molecule has 1 saturated heterocycles. The van der Waals surface area contributed by atoms with Crippen LogP contribution in [0.2, 0.25) is 0 Å². The predicted octanol–water partition coefficient (Wildman–Crippen LogP) is 6.60. The van der Waals surface area contributed by atoms with Crippen molar-refractivity contribution in [3.63, 3.8) is 0 Å². The zero-order valence-electron chi connectivity index (χ0n) is 23.5. The van der Waals surface area contributed by atoms with Crippen molar-refractivity contribution in [2.24, 2.45) is 5.92 Å². The molecule has 3 heterocycles. The molecule has 0 unspecified atom stereocenters. The minimum absolute atomic E-state index is 0.266. The molecule has 7 rings (SSSR count). The summed E-state index contributed by atoms with van der Waals surface area (Å²) in [5.74, 6) is -1.94. The third-order valence-corrected chi connectivity index (χ3v) is 8.86. The maximum Gasteiger partial charge on any atom is 0.238 e. The maximum absolute atomic E-state index is 14.9. The molecule has 4 aromatic carbocycles. The lowest BCUT2D eigenvalue weighted by Crippen LogP contribution is -2.49. The first-order valence-corrected chi connectivity index (χ1v) is 14.5. The quantitative estimate of drug-likeness (QED) is 0.253. The van der Waals surface area contributed by atoms with Gasteiger partial charge in [-0.2, -0.15) is 0 Å². The summed E-state index contributed by atoms with van der Waals surface area (Å²) in [6, 6.07) is 25.7. The van der Waals surface area contributed by atoms with Gasteiger partial charge in [-0.05, 0) is 83.8 Å². The van der Waals surface area contributed by atoms with Crippen LogP contribution in [0.25, 0.3) is 6.08 Å². The monoisotopic (exact) mass is 572 g/mol. The van der Waals surface area contributed by atoms with Crippen LogP contribution in [-0.4, -0.2) is 35.0 Å². The minimum atomic E-state index is -1.42. The summed E-state index contributed by atoms with van der Waals surface area (Å²) in [5.41, 5.74) is 2.28. The molecule has 214 valence electrons. The standard InChI is InChI=1S/C36H29FN2O4/c1-2-21-43-26-17-13-23(14-18-26)32(40)30-31(33(41)24-11-15-25(37)16-12-24)39-20-19-22-7-3-4-8-27(22)34(39)36(30)28-9-5-6-10-29(28)38-35(36)42/h3-20,30-31,34H,2,21H2,1H3,(H,38,42)/t30-,31+,34-,36-/m1/s1. The smallest absolute Gasteiger partial charge is 0.238 e. The number of halogens is 1. The third-order valence-electron chi connectivity index (χ3n) is 8.86. The van der Waals surface area contributed by atoms with Crippen molar-refractivity contribution in [1.29, 1.82) is 0 Å². The molecule has 0 saturated carbocycles. The van der Waals surface area contributed by atoms with Gasteiger partial charge in [-0.25, -0.2) is 4.39 Å². The van der Waals surface area contributed by atoms with Crippen LogP contribution in [0.3, 0.4) is 0 Å². The van der Waals surface area contributed by atoms with Gasteiger partial charge in [-0.1, -0.05) is 49.4 Å². The van der Waals surface area contributed by atoms with Gasteiger partial charge in [-0.15, -0.1) is 0 Å². The zero-order valence-corrected chi connectivity index (χ0v) is 23.5. The van der Waals surface area contributed by atoms with E-state index in [2.05, 4.69) is 5.32 Å². The topological polar surface area (TPSA) is 75.7 Å². The summed E-state index contributed by atoms with van der Waals surface area (Å²) in [4.78, 5) is 45.7. The lowest BCUT2D eigenvalue weighted by Gasteiger charge is -2.38. The molecule has 43 heavy (non-hydrogen) atoms. The summed E-state index contributed by atoms with van der Waals surface area (Å²) in [6.07, 6.45) is 4.58. The van der Waals surface area contributed by atoms with Crippen LogP contribution in [0, 0.1) is 11.7 Å². The van der Waals surface area contributed by atoms with E-state index >= 15 is 0 Å². The van der Waals surface area contributed by atoms with Crippen molar-refractivity contribution < 1.29 is 23.5 Å². The fourth-order valence-electron chi connectivity index (χ4n) is 7.07. The predicted molar refractivity (Wildman–Crippen MR) is 161 cm³/mol. The molecule has 0 radical (unpaired) electrons. The number of hydrogen-bond donors (Lipinski definition) is 1. The normalized spacial score (nSPS) is 23.0. The molecule has 4 atom stereocenters. The van der Waals surface area contributed by atoms with Gasteiger partial charge in [0.1, 0.15) is 23.0 Å². The molecular weight excluding hydrogens is 543 g/mol. The first-order chi connectivity index (χ1) is 20.9. The molecule has 1 N–H and O–H groups in total. The van der Waals surface area contributed by atoms with Crippen LogP contribution in [0.5, 0.6) is 5.75 Å². The van der Waals surface area contributed by atoms with Gasteiger partial charge in [0.05, 0.1) is 18.6 Å². The van der Waals surface area contributed by atoms with Gasteiger partial charge < -0.3 is 15.0 Å². The highest BCUT2D eigenvalue weighted by atomic mass is 19.1. The van der Waals surface area contributed by atoms with E-state index in [9.17, 15) is 18.8 Å². The molecule has 0 aliphatic carbocycles. The fraction of sp³-hybridized carbons (Fsp3) is 0.194. The number of fused-ring (bicyclic) bond motifs is 6. The van der Waals surface area contributed by atoms with Gasteiger partial charge in [0.15, 0.2) is 11.6 Å². The minimum Gasteiger partial charge on any atom is -0.494 e. The first kappa shape index (κ1) is 26.8. The summed E-state index contributed by atoms with van der Waals surface area (Å²) >= 11 is 0. The average Bonchev–Trinajstić information content (AvgIpc) is 3.52. The molecule has 1 amide bonds. The Labute approximate surface area is 248 Å². The van der Waals surface area contributed by atoms with Gasteiger partial charge in [0.2, 0.25) is 5.91 Å². The van der Waals surface area contributed by atoms with E-state index in [-0.39, 0.29) is 23.0 Å². The number of rotatable bonds is 7. The Balaban J connectivity index is 1.47. The number of nitrogens with one attached hydrogen (secondary N) is 1. The van der Waals surface area contributed by atoms with Gasteiger partial charge >= 0.3 is 0 Å². The number of para-hydroxylation sites is 1. The van der Waals surface area contributed by atoms with Crippen LogP contribution in [0.1, 0.15) is 56.8 Å². The fourth-order valence-corrected chi connectivity index (χ4v) is 7.07. The summed E-state index contributed by atoms with van der Waals surface area (Å²) in [5, 5.41) is 3.05. The van der Waals surface area contributed by atoms with Gasteiger partial charge in [-0.3, -0.25) is 14.4 Å². The molecule has 7 heteroatoms. The van der Waals surface area contributed by atoms with E-state index < -0.39 is 29.2 Å². The number of ether oxygens (including phenoxy) is 1. The number of nitrogens with zero attached hydrogens (tertiary/aromatic N) is 1. The van der Waals surface area contributed by atoms with Crippen molar-refractivity contribution >= 4 is 29.2 Å². The first-order valence-electron chi connectivity index (χ1n) is 14.5. The van der Waals surface area contributed by atoms with Crippen molar-refractivity contribution in [3.8, 4) is 5.75 Å². The van der Waals surface area contributed by atoms with Crippen LogP contribution in [0.4, 0.5) is 10.1 Å². The molecule has 0 aromatic heterocycles. The molecular formula is C36H29FN2O4.